The van der Waals surface area contributed by atoms with Crippen molar-refractivity contribution >= 4 is 46.6 Å². The fourth-order valence-electron chi connectivity index (χ4n) is 4.03. The molecule has 0 fully saturated rings. The van der Waals surface area contributed by atoms with Crippen molar-refractivity contribution < 1.29 is 9.59 Å². The average molecular weight is 529 g/mol. The molecule has 3 aromatic rings. The number of hydrogen-bond acceptors (Lipinski definition) is 5. The first-order chi connectivity index (χ1) is 17.9. The second kappa shape index (κ2) is 11.8. The van der Waals surface area contributed by atoms with Crippen LogP contribution in [0.3, 0.4) is 0 Å². The van der Waals surface area contributed by atoms with Gasteiger partial charge in [0.1, 0.15) is 0 Å². The van der Waals surface area contributed by atoms with Crippen LogP contribution >= 0.6 is 23.4 Å². The van der Waals surface area contributed by atoms with Gasteiger partial charge in [-0.2, -0.15) is 5.26 Å². The molecule has 1 aliphatic heterocycles. The van der Waals surface area contributed by atoms with Crippen molar-refractivity contribution in [3.05, 3.63) is 117 Å². The lowest BCUT2D eigenvalue weighted by atomic mass is 9.82. The highest BCUT2D eigenvalue weighted by molar-refractivity contribution is 8.03. The predicted octanol–water partition coefficient (Wildman–Crippen LogP) is 6.36. The molecule has 0 unspecified atom stereocenters. The van der Waals surface area contributed by atoms with Crippen LogP contribution < -0.4 is 16.0 Å². The van der Waals surface area contributed by atoms with Crippen LogP contribution in [0.15, 0.2) is 101 Å². The summed E-state index contributed by atoms with van der Waals surface area (Å²) in [5.74, 6) is -1.05. The van der Waals surface area contributed by atoms with Crippen molar-refractivity contribution in [2.75, 3.05) is 16.4 Å². The highest BCUT2D eigenvalue weighted by Gasteiger charge is 2.34. The lowest BCUT2D eigenvalue weighted by Gasteiger charge is -2.29. The summed E-state index contributed by atoms with van der Waals surface area (Å²) in [5, 5.41) is 20.3. The van der Waals surface area contributed by atoms with Gasteiger partial charge in [0.05, 0.1) is 28.3 Å². The molecule has 3 N–H and O–H groups in total. The normalized spacial score (nSPS) is 15.0. The number of benzene rings is 3. The number of thioether (sulfide) groups is 1. The first kappa shape index (κ1) is 26.1. The molecule has 0 aromatic heterocycles. The minimum absolute atomic E-state index is 0.0688. The number of para-hydroxylation sites is 1. The summed E-state index contributed by atoms with van der Waals surface area (Å²) in [6.07, 6.45) is 0. The van der Waals surface area contributed by atoms with Crippen LogP contribution in [0.5, 0.6) is 0 Å². The van der Waals surface area contributed by atoms with Crippen molar-refractivity contribution in [1.29, 1.82) is 5.26 Å². The number of aryl methyl sites for hydroxylation is 1. The van der Waals surface area contributed by atoms with Gasteiger partial charge in [-0.15, -0.1) is 0 Å². The van der Waals surface area contributed by atoms with Crippen LogP contribution in [0.25, 0.3) is 0 Å². The van der Waals surface area contributed by atoms with E-state index >= 15 is 0 Å². The summed E-state index contributed by atoms with van der Waals surface area (Å²) in [4.78, 5) is 26.1. The van der Waals surface area contributed by atoms with Crippen LogP contribution in [0.4, 0.5) is 11.4 Å². The smallest absolute Gasteiger partial charge is 0.254 e. The fraction of sp³-hybridized carbons (Fsp3) is 0.138. The second-order valence-corrected chi connectivity index (χ2v) is 9.88. The molecule has 6 nitrogen and oxygen atoms in total. The summed E-state index contributed by atoms with van der Waals surface area (Å²) >= 11 is 7.39. The van der Waals surface area contributed by atoms with Gasteiger partial charge in [-0.3, -0.25) is 9.59 Å². The number of dihydropyridines is 1. The van der Waals surface area contributed by atoms with Gasteiger partial charge < -0.3 is 16.0 Å². The average Bonchev–Trinajstić information content (AvgIpc) is 2.90. The van der Waals surface area contributed by atoms with Crippen molar-refractivity contribution in [2.45, 2.75) is 19.8 Å². The second-order valence-electron chi connectivity index (χ2n) is 8.48. The van der Waals surface area contributed by atoms with E-state index in [-0.39, 0.29) is 17.6 Å². The third-order valence-corrected chi connectivity index (χ3v) is 7.28. The molecule has 8 heteroatoms. The number of nitriles is 1. The van der Waals surface area contributed by atoms with E-state index in [9.17, 15) is 14.9 Å². The van der Waals surface area contributed by atoms with E-state index in [1.807, 2.05) is 73.7 Å². The number of rotatable bonds is 7. The number of carbonyl (C=O) groups is 2. The number of halogens is 1. The van der Waals surface area contributed by atoms with Gasteiger partial charge in [0.15, 0.2) is 0 Å². The lowest BCUT2D eigenvalue weighted by Crippen LogP contribution is -2.31. The van der Waals surface area contributed by atoms with Crippen molar-refractivity contribution in [3.63, 3.8) is 0 Å². The van der Waals surface area contributed by atoms with Crippen molar-refractivity contribution in [1.82, 2.24) is 5.32 Å². The predicted molar refractivity (Wildman–Crippen MR) is 150 cm³/mol. The molecule has 0 saturated carbocycles. The van der Waals surface area contributed by atoms with Gasteiger partial charge in [-0.1, -0.05) is 78.0 Å². The number of carbonyl (C=O) groups excluding carboxylic acids is 2. The maximum atomic E-state index is 13.4. The van der Waals surface area contributed by atoms with Gasteiger partial charge in [-0.05, 0) is 49.2 Å². The molecule has 0 spiro atoms. The molecule has 2 amide bonds. The minimum Gasteiger partial charge on any atom is -0.353 e. The molecule has 186 valence electrons. The third-order valence-electron chi connectivity index (χ3n) is 5.86. The fourth-order valence-corrected chi connectivity index (χ4v) is 5.10. The Balaban J connectivity index is 1.59. The van der Waals surface area contributed by atoms with Gasteiger partial charge in [0.2, 0.25) is 5.91 Å². The summed E-state index contributed by atoms with van der Waals surface area (Å²) in [5.41, 5.74) is 4.46. The van der Waals surface area contributed by atoms with Crippen LogP contribution in [0.1, 0.15) is 24.0 Å². The molecular weight excluding hydrogens is 504 g/mol. The Labute approximate surface area is 225 Å². The van der Waals surface area contributed by atoms with Gasteiger partial charge in [0, 0.05) is 27.7 Å². The number of nitrogens with one attached hydrogen (secondary N) is 3. The highest BCUT2D eigenvalue weighted by atomic mass is 35.5. The molecule has 37 heavy (non-hydrogen) atoms. The zero-order valence-corrected chi connectivity index (χ0v) is 21.9. The minimum atomic E-state index is -0.586. The Kier molecular flexibility index (Phi) is 8.34. The van der Waals surface area contributed by atoms with E-state index in [4.69, 9.17) is 11.6 Å². The largest absolute Gasteiger partial charge is 0.353 e. The van der Waals surface area contributed by atoms with E-state index < -0.39 is 5.92 Å². The summed E-state index contributed by atoms with van der Waals surface area (Å²) in [6, 6.07) is 26.2. The van der Waals surface area contributed by atoms with Gasteiger partial charge in [0.25, 0.3) is 5.91 Å². The third kappa shape index (κ3) is 6.23. The Hall–Kier alpha value is -3.99. The maximum Gasteiger partial charge on any atom is 0.254 e. The summed E-state index contributed by atoms with van der Waals surface area (Å²) < 4.78 is 0. The quantitative estimate of drug-likeness (QED) is 0.332. The van der Waals surface area contributed by atoms with E-state index in [0.29, 0.717) is 38.3 Å². The van der Waals surface area contributed by atoms with Crippen LogP contribution in [-0.2, 0) is 9.59 Å². The molecule has 0 saturated heterocycles. The topological polar surface area (TPSA) is 94.0 Å². The number of hydrogen-bond donors (Lipinski definition) is 3. The Bertz CT molecular complexity index is 1430. The molecule has 1 atom stereocenters. The number of allylic oxidation sites excluding steroid dienone is 2. The zero-order valence-electron chi connectivity index (χ0n) is 20.3. The molecule has 0 bridgehead atoms. The highest BCUT2D eigenvalue weighted by Crippen LogP contribution is 2.41. The van der Waals surface area contributed by atoms with Crippen molar-refractivity contribution in [3.8, 4) is 6.07 Å². The molecule has 4 rings (SSSR count). The SMILES string of the molecule is CC1=C(C(=O)Nc2ccccc2)[C@H](c2ccccc2)C(C#N)=C(SCC(=O)Nc2ccc(C)c(Cl)c2)N1. The summed E-state index contributed by atoms with van der Waals surface area (Å²) in [7, 11) is 0. The Morgan fingerprint density at radius 3 is 2.30 bits per heavy atom. The number of nitrogens with zero attached hydrogens (tertiary/aromatic N) is 1. The Morgan fingerprint density at radius 1 is 0.973 bits per heavy atom. The van der Waals surface area contributed by atoms with Crippen molar-refractivity contribution in [2.24, 2.45) is 0 Å². The van der Waals surface area contributed by atoms with E-state index in [1.165, 1.54) is 11.8 Å². The van der Waals surface area contributed by atoms with Gasteiger partial charge >= 0.3 is 0 Å². The monoisotopic (exact) mass is 528 g/mol. The maximum absolute atomic E-state index is 13.4. The van der Waals surface area contributed by atoms with Crippen LogP contribution in [0, 0.1) is 18.3 Å². The van der Waals surface area contributed by atoms with Gasteiger partial charge in [-0.25, -0.2) is 0 Å². The standard InChI is InChI=1S/C29H25ClN4O2S/c1-18-13-14-22(15-24(18)30)33-25(35)17-37-29-23(16-31)27(20-9-5-3-6-10-20)26(19(2)32-29)28(36)34-21-11-7-4-8-12-21/h3-15,27,32H,17H2,1-2H3,(H,33,35)(H,34,36)/t27-/m1/s1. The number of anilines is 2. The number of amides is 2. The van der Waals surface area contributed by atoms with E-state index in [0.717, 1.165) is 11.1 Å². The molecule has 1 heterocycles. The summed E-state index contributed by atoms with van der Waals surface area (Å²) in [6.45, 7) is 3.70. The first-order valence-electron chi connectivity index (χ1n) is 11.6. The Morgan fingerprint density at radius 2 is 1.65 bits per heavy atom. The molecule has 3 aromatic carbocycles. The molecule has 0 radical (unpaired) electrons. The first-order valence-corrected chi connectivity index (χ1v) is 13.0. The van der Waals surface area contributed by atoms with Crippen LogP contribution in [0.2, 0.25) is 5.02 Å². The molecule has 1 aliphatic rings. The van der Waals surface area contributed by atoms with Crippen LogP contribution in [-0.4, -0.2) is 17.6 Å². The van der Waals surface area contributed by atoms with E-state index in [1.54, 1.807) is 19.1 Å². The zero-order chi connectivity index (χ0) is 26.4. The van der Waals surface area contributed by atoms with E-state index in [2.05, 4.69) is 22.0 Å². The molecule has 0 aliphatic carbocycles. The molecular formula is C29H25ClN4O2S. The lowest BCUT2D eigenvalue weighted by molar-refractivity contribution is -0.114.